The summed E-state index contributed by atoms with van der Waals surface area (Å²) in [7, 11) is 0. The maximum atomic E-state index is 11.0. The van der Waals surface area contributed by atoms with E-state index in [-0.39, 0.29) is 5.97 Å². The molecule has 0 saturated heterocycles. The van der Waals surface area contributed by atoms with Crippen LogP contribution in [-0.2, 0) is 20.9 Å². The topological polar surface area (TPSA) is 43.4 Å². The highest BCUT2D eigenvalue weighted by atomic mass is 35.5. The lowest BCUT2D eigenvalue weighted by Crippen LogP contribution is -2.04. The van der Waals surface area contributed by atoms with Gasteiger partial charge in [-0.1, -0.05) is 43.0 Å². The predicted octanol–water partition coefficient (Wildman–Crippen LogP) is 3.63. The molecule has 0 aliphatic carbocycles. The molecule has 1 rings (SSSR count). The normalized spacial score (nSPS) is 9.42. The zero-order chi connectivity index (χ0) is 14.7. The van der Waals surface area contributed by atoms with Gasteiger partial charge in [-0.2, -0.15) is 0 Å². The minimum atomic E-state index is -0.419. The highest BCUT2D eigenvalue weighted by Gasteiger charge is 2.02. The Morgan fingerprint density at radius 1 is 1.32 bits per heavy atom. The number of benzene rings is 1. The fraction of sp³-hybridized carbons (Fsp3) is 0.200. The molecule has 1 aromatic rings. The Labute approximate surface area is 118 Å². The second kappa shape index (κ2) is 10.1. The standard InChI is InChI=1S/C11H12O2.C4H5ClO/c1-9(2)11(12)13-8-10-6-4-3-5-7-10;1-2-3-4(5)6/h3-7H,1,8H2,2H3;2-3H,1H3. The fourth-order valence-electron chi connectivity index (χ4n) is 0.977. The molecule has 102 valence electrons. The number of carbonyl (C=O) groups is 2. The SMILES string of the molecule is C=C(C)C(=O)OCc1ccccc1.CC=CC(=O)Cl. The monoisotopic (exact) mass is 280 g/mol. The number of hydrogen-bond donors (Lipinski definition) is 0. The molecule has 0 bridgehead atoms. The Bertz CT molecular complexity index is 450. The van der Waals surface area contributed by atoms with Crippen molar-refractivity contribution in [2.75, 3.05) is 0 Å². The van der Waals surface area contributed by atoms with Gasteiger partial charge in [0.25, 0.3) is 0 Å². The molecule has 4 heteroatoms. The van der Waals surface area contributed by atoms with Crippen molar-refractivity contribution < 1.29 is 14.3 Å². The van der Waals surface area contributed by atoms with Crippen molar-refractivity contribution in [2.45, 2.75) is 20.5 Å². The minimum absolute atomic E-state index is 0.312. The van der Waals surface area contributed by atoms with E-state index in [2.05, 4.69) is 6.58 Å². The van der Waals surface area contributed by atoms with Crippen molar-refractivity contribution >= 4 is 22.8 Å². The highest BCUT2D eigenvalue weighted by Crippen LogP contribution is 2.02. The first-order chi connectivity index (χ1) is 8.97. The number of allylic oxidation sites excluding steroid dienone is 2. The van der Waals surface area contributed by atoms with Crippen LogP contribution >= 0.6 is 11.6 Å². The summed E-state index contributed by atoms with van der Waals surface area (Å²) >= 11 is 4.85. The third-order valence-electron chi connectivity index (χ3n) is 1.86. The zero-order valence-electron chi connectivity index (χ0n) is 11.1. The second-order valence-electron chi connectivity index (χ2n) is 3.65. The molecule has 0 atom stereocenters. The van der Waals surface area contributed by atoms with Gasteiger partial charge in [0.15, 0.2) is 0 Å². The van der Waals surface area contributed by atoms with Gasteiger partial charge in [0, 0.05) is 5.57 Å². The molecule has 19 heavy (non-hydrogen) atoms. The Morgan fingerprint density at radius 2 is 1.89 bits per heavy atom. The van der Waals surface area contributed by atoms with E-state index in [0.29, 0.717) is 12.2 Å². The summed E-state index contributed by atoms with van der Waals surface area (Å²) in [6.07, 6.45) is 2.89. The summed E-state index contributed by atoms with van der Waals surface area (Å²) in [5.41, 5.74) is 1.41. The lowest BCUT2D eigenvalue weighted by molar-refractivity contribution is -0.140. The van der Waals surface area contributed by atoms with Gasteiger partial charge in [0.1, 0.15) is 6.61 Å². The van der Waals surface area contributed by atoms with Crippen molar-refractivity contribution in [1.29, 1.82) is 0 Å². The summed E-state index contributed by atoms with van der Waals surface area (Å²) in [4.78, 5) is 20.7. The molecule has 0 spiro atoms. The van der Waals surface area contributed by atoms with E-state index in [4.69, 9.17) is 16.3 Å². The van der Waals surface area contributed by atoms with Crippen LogP contribution in [0, 0.1) is 0 Å². The van der Waals surface area contributed by atoms with Crippen molar-refractivity contribution in [3.8, 4) is 0 Å². The largest absolute Gasteiger partial charge is 0.457 e. The van der Waals surface area contributed by atoms with Gasteiger partial charge in [-0.05, 0) is 37.1 Å². The number of carbonyl (C=O) groups excluding carboxylic acids is 2. The highest BCUT2D eigenvalue weighted by molar-refractivity contribution is 6.66. The molecular formula is C15H17ClO3. The van der Waals surface area contributed by atoms with Gasteiger partial charge in [-0.25, -0.2) is 4.79 Å². The van der Waals surface area contributed by atoms with Crippen LogP contribution in [0.1, 0.15) is 19.4 Å². The Kier molecular flexibility index (Phi) is 9.10. The lowest BCUT2D eigenvalue weighted by atomic mass is 10.2. The van der Waals surface area contributed by atoms with Crippen LogP contribution in [-0.4, -0.2) is 11.2 Å². The number of halogens is 1. The Morgan fingerprint density at radius 3 is 2.26 bits per heavy atom. The van der Waals surface area contributed by atoms with Crippen molar-refractivity contribution in [3.63, 3.8) is 0 Å². The van der Waals surface area contributed by atoms with Gasteiger partial charge < -0.3 is 4.74 Å². The average Bonchev–Trinajstić information content (AvgIpc) is 2.37. The molecule has 0 fully saturated rings. The summed E-state index contributed by atoms with van der Waals surface area (Å²) < 4.78 is 4.95. The zero-order valence-corrected chi connectivity index (χ0v) is 11.8. The Balaban J connectivity index is 0.000000459. The smallest absolute Gasteiger partial charge is 0.333 e. The van der Waals surface area contributed by atoms with E-state index in [0.717, 1.165) is 5.56 Å². The number of esters is 1. The summed E-state index contributed by atoms with van der Waals surface area (Å²) in [5.74, 6) is -0.344. The lowest BCUT2D eigenvalue weighted by Gasteiger charge is -2.03. The van der Waals surface area contributed by atoms with Crippen LogP contribution in [0.25, 0.3) is 0 Å². The molecule has 0 unspecified atom stereocenters. The van der Waals surface area contributed by atoms with Gasteiger partial charge in [-0.3, -0.25) is 4.79 Å². The minimum Gasteiger partial charge on any atom is -0.457 e. The summed E-state index contributed by atoms with van der Waals surface area (Å²) in [6.45, 7) is 7.17. The van der Waals surface area contributed by atoms with E-state index in [1.165, 1.54) is 6.08 Å². The maximum absolute atomic E-state index is 11.0. The molecule has 1 aromatic carbocycles. The van der Waals surface area contributed by atoms with Crippen LogP contribution in [0.2, 0.25) is 0 Å². The van der Waals surface area contributed by atoms with Crippen LogP contribution in [0.15, 0.2) is 54.6 Å². The number of ether oxygens (including phenoxy) is 1. The van der Waals surface area contributed by atoms with E-state index in [1.54, 1.807) is 19.9 Å². The summed E-state index contributed by atoms with van der Waals surface area (Å²) in [5, 5.41) is -0.419. The van der Waals surface area contributed by atoms with Crippen LogP contribution < -0.4 is 0 Å². The van der Waals surface area contributed by atoms with Crippen LogP contribution in [0.3, 0.4) is 0 Å². The number of rotatable bonds is 4. The maximum Gasteiger partial charge on any atom is 0.333 e. The van der Waals surface area contributed by atoms with E-state index >= 15 is 0 Å². The fourth-order valence-corrected chi connectivity index (χ4v) is 1.10. The van der Waals surface area contributed by atoms with Crippen LogP contribution in [0.5, 0.6) is 0 Å². The summed E-state index contributed by atoms with van der Waals surface area (Å²) in [6, 6.07) is 9.55. The average molecular weight is 281 g/mol. The Hall–Kier alpha value is -1.87. The van der Waals surface area contributed by atoms with Crippen molar-refractivity contribution in [3.05, 3.63) is 60.2 Å². The second-order valence-corrected chi connectivity index (χ2v) is 4.02. The third kappa shape index (κ3) is 9.80. The molecule has 0 N–H and O–H groups in total. The predicted molar refractivity (Wildman–Crippen MR) is 76.7 cm³/mol. The van der Waals surface area contributed by atoms with Gasteiger partial charge in [-0.15, -0.1) is 0 Å². The van der Waals surface area contributed by atoms with E-state index < -0.39 is 5.24 Å². The van der Waals surface area contributed by atoms with Gasteiger partial charge in [0.05, 0.1) is 0 Å². The first-order valence-corrected chi connectivity index (χ1v) is 6.04. The molecule has 3 nitrogen and oxygen atoms in total. The van der Waals surface area contributed by atoms with Crippen molar-refractivity contribution in [2.24, 2.45) is 0 Å². The molecule has 0 amide bonds. The molecule has 0 heterocycles. The first kappa shape index (κ1) is 17.1. The molecule has 0 aliphatic rings. The molecule has 0 radical (unpaired) electrons. The third-order valence-corrected chi connectivity index (χ3v) is 1.98. The van der Waals surface area contributed by atoms with E-state index in [9.17, 15) is 9.59 Å². The van der Waals surface area contributed by atoms with Gasteiger partial charge >= 0.3 is 5.97 Å². The molecule has 0 aliphatic heterocycles. The quantitative estimate of drug-likeness (QED) is 0.480. The van der Waals surface area contributed by atoms with Gasteiger partial charge in [0.2, 0.25) is 5.24 Å². The van der Waals surface area contributed by atoms with Crippen LogP contribution in [0.4, 0.5) is 0 Å². The van der Waals surface area contributed by atoms with E-state index in [1.807, 2.05) is 30.3 Å². The molecular weight excluding hydrogens is 264 g/mol. The van der Waals surface area contributed by atoms with Crippen molar-refractivity contribution in [1.82, 2.24) is 0 Å². The molecule has 0 saturated carbocycles. The molecule has 0 aromatic heterocycles. The number of hydrogen-bond acceptors (Lipinski definition) is 3. The first-order valence-electron chi connectivity index (χ1n) is 5.66.